The summed E-state index contributed by atoms with van der Waals surface area (Å²) in [6.45, 7) is 2.69. The van der Waals surface area contributed by atoms with Crippen LogP contribution in [0.2, 0.25) is 0 Å². The molecule has 0 saturated carbocycles. The van der Waals surface area contributed by atoms with Crippen molar-refractivity contribution in [1.29, 1.82) is 0 Å². The molecule has 0 fully saturated rings. The summed E-state index contributed by atoms with van der Waals surface area (Å²) in [4.78, 5) is 4.16. The molecule has 0 unspecified atom stereocenters. The van der Waals surface area contributed by atoms with Crippen LogP contribution in [0.3, 0.4) is 0 Å². The number of benzene rings is 1. The van der Waals surface area contributed by atoms with Crippen LogP contribution in [0.25, 0.3) is 11.4 Å². The first-order chi connectivity index (χ1) is 8.78. The van der Waals surface area contributed by atoms with Crippen molar-refractivity contribution in [3.63, 3.8) is 0 Å². The average Bonchev–Trinajstić information content (AvgIpc) is 2.88. The van der Waals surface area contributed by atoms with E-state index >= 15 is 0 Å². The normalized spacial score (nSPS) is 10.4. The molecule has 1 aromatic heterocycles. The third kappa shape index (κ3) is 2.43. The van der Waals surface area contributed by atoms with Crippen LogP contribution in [0.5, 0.6) is 11.5 Å². The molecule has 0 aliphatic heterocycles. The summed E-state index contributed by atoms with van der Waals surface area (Å²) in [5.41, 5.74) is 6.22. The minimum atomic E-state index is 0.224. The van der Waals surface area contributed by atoms with Gasteiger partial charge in [0.2, 0.25) is 11.7 Å². The van der Waals surface area contributed by atoms with Gasteiger partial charge < -0.3 is 19.7 Å². The second-order valence-electron chi connectivity index (χ2n) is 3.51. The lowest BCUT2D eigenvalue weighted by Crippen LogP contribution is -1.97. The van der Waals surface area contributed by atoms with Gasteiger partial charge in [0.05, 0.1) is 20.3 Å². The molecule has 0 aliphatic carbocycles. The molecule has 0 saturated heterocycles. The second kappa shape index (κ2) is 5.50. The monoisotopic (exact) mass is 249 g/mol. The molecule has 6 nitrogen and oxygen atoms in total. The number of aromatic nitrogens is 2. The first-order valence-electron chi connectivity index (χ1n) is 5.62. The average molecular weight is 249 g/mol. The third-order valence-corrected chi connectivity index (χ3v) is 2.36. The first-order valence-corrected chi connectivity index (χ1v) is 5.62. The molecule has 0 bridgehead atoms. The zero-order valence-electron chi connectivity index (χ0n) is 10.3. The summed E-state index contributed by atoms with van der Waals surface area (Å²) in [7, 11) is 1.60. The summed E-state index contributed by atoms with van der Waals surface area (Å²) in [5.74, 6) is 2.21. The molecule has 96 valence electrons. The molecule has 1 aromatic carbocycles. The molecule has 0 amide bonds. The van der Waals surface area contributed by atoms with E-state index in [1.165, 1.54) is 0 Å². The quantitative estimate of drug-likeness (QED) is 0.866. The summed E-state index contributed by atoms with van der Waals surface area (Å²) in [5, 5.41) is 3.85. The van der Waals surface area contributed by atoms with Crippen LogP contribution in [0.15, 0.2) is 22.7 Å². The van der Waals surface area contributed by atoms with E-state index in [0.717, 1.165) is 5.56 Å². The van der Waals surface area contributed by atoms with Gasteiger partial charge in [0.1, 0.15) is 0 Å². The number of nitrogens with two attached hydrogens (primary N) is 1. The van der Waals surface area contributed by atoms with Gasteiger partial charge >= 0.3 is 0 Å². The van der Waals surface area contributed by atoms with Crippen LogP contribution in [0.4, 0.5) is 0 Å². The number of hydrogen-bond donors (Lipinski definition) is 1. The predicted octanol–water partition coefficient (Wildman–Crippen LogP) is 1.60. The lowest BCUT2D eigenvalue weighted by molar-refractivity contribution is 0.311. The van der Waals surface area contributed by atoms with E-state index in [4.69, 9.17) is 19.7 Å². The largest absolute Gasteiger partial charge is 0.493 e. The van der Waals surface area contributed by atoms with Crippen LogP contribution in [-0.4, -0.2) is 23.9 Å². The fourth-order valence-electron chi connectivity index (χ4n) is 1.54. The zero-order valence-corrected chi connectivity index (χ0v) is 10.3. The Bertz CT molecular complexity index is 525. The van der Waals surface area contributed by atoms with Crippen LogP contribution >= 0.6 is 0 Å². The van der Waals surface area contributed by atoms with Gasteiger partial charge in [-0.05, 0) is 25.1 Å². The fraction of sp³-hybridized carbons (Fsp3) is 0.333. The van der Waals surface area contributed by atoms with Gasteiger partial charge in [-0.3, -0.25) is 0 Å². The Kier molecular flexibility index (Phi) is 3.78. The highest BCUT2D eigenvalue weighted by Gasteiger charge is 2.11. The summed E-state index contributed by atoms with van der Waals surface area (Å²) in [6, 6.07) is 5.46. The predicted molar refractivity (Wildman–Crippen MR) is 65.3 cm³/mol. The fourth-order valence-corrected chi connectivity index (χ4v) is 1.54. The minimum absolute atomic E-state index is 0.224. The maximum Gasteiger partial charge on any atom is 0.240 e. The van der Waals surface area contributed by atoms with Gasteiger partial charge in [-0.2, -0.15) is 4.98 Å². The Balaban J connectivity index is 2.36. The molecule has 2 aromatic rings. The second-order valence-corrected chi connectivity index (χ2v) is 3.51. The van der Waals surface area contributed by atoms with E-state index in [1.807, 2.05) is 19.1 Å². The van der Waals surface area contributed by atoms with E-state index < -0.39 is 0 Å². The van der Waals surface area contributed by atoms with Crippen molar-refractivity contribution >= 4 is 0 Å². The van der Waals surface area contributed by atoms with Gasteiger partial charge in [0.15, 0.2) is 11.5 Å². The summed E-state index contributed by atoms with van der Waals surface area (Å²) >= 11 is 0. The highest BCUT2D eigenvalue weighted by Crippen LogP contribution is 2.31. The van der Waals surface area contributed by atoms with Gasteiger partial charge in [-0.25, -0.2) is 0 Å². The highest BCUT2D eigenvalue weighted by atomic mass is 16.5. The minimum Gasteiger partial charge on any atom is -0.493 e. The molecule has 0 spiro atoms. The SMILES string of the molecule is CCOc1cc(-c2noc(CN)n2)ccc1OC. The van der Waals surface area contributed by atoms with Crippen molar-refractivity contribution in [2.24, 2.45) is 5.73 Å². The number of ether oxygens (including phenoxy) is 2. The number of methoxy groups -OCH3 is 1. The molecule has 2 N–H and O–H groups in total. The molecule has 6 heteroatoms. The molecule has 0 atom stereocenters. The zero-order chi connectivity index (χ0) is 13.0. The maximum atomic E-state index is 5.49. The van der Waals surface area contributed by atoms with E-state index in [-0.39, 0.29) is 6.54 Å². The smallest absolute Gasteiger partial charge is 0.240 e. The molecule has 0 aliphatic rings. The van der Waals surface area contributed by atoms with Crippen molar-refractivity contribution in [2.45, 2.75) is 13.5 Å². The van der Waals surface area contributed by atoms with Crippen LogP contribution in [0.1, 0.15) is 12.8 Å². The topological polar surface area (TPSA) is 83.4 Å². The molecule has 1 heterocycles. The Morgan fingerprint density at radius 3 is 2.78 bits per heavy atom. The van der Waals surface area contributed by atoms with E-state index in [9.17, 15) is 0 Å². The van der Waals surface area contributed by atoms with Crippen molar-refractivity contribution in [1.82, 2.24) is 10.1 Å². The number of rotatable bonds is 5. The van der Waals surface area contributed by atoms with Gasteiger partial charge in [0, 0.05) is 5.56 Å². The van der Waals surface area contributed by atoms with Crippen molar-refractivity contribution in [3.8, 4) is 22.9 Å². The molecule has 2 rings (SSSR count). The van der Waals surface area contributed by atoms with Crippen LogP contribution in [-0.2, 0) is 6.54 Å². The number of nitrogens with zero attached hydrogens (tertiary/aromatic N) is 2. The van der Waals surface area contributed by atoms with Gasteiger partial charge in [-0.1, -0.05) is 5.16 Å². The lowest BCUT2D eigenvalue weighted by Gasteiger charge is -2.09. The third-order valence-electron chi connectivity index (χ3n) is 2.36. The standard InChI is InChI=1S/C12H15N3O3/c1-3-17-10-6-8(4-5-9(10)16-2)12-14-11(7-13)18-15-12/h4-6H,3,7,13H2,1-2H3. The Morgan fingerprint density at radius 2 is 2.17 bits per heavy atom. The van der Waals surface area contributed by atoms with Crippen molar-refractivity contribution < 1.29 is 14.0 Å². The van der Waals surface area contributed by atoms with Crippen molar-refractivity contribution in [3.05, 3.63) is 24.1 Å². The highest BCUT2D eigenvalue weighted by molar-refractivity contribution is 5.60. The van der Waals surface area contributed by atoms with Gasteiger partial charge in [-0.15, -0.1) is 0 Å². The van der Waals surface area contributed by atoms with Gasteiger partial charge in [0.25, 0.3) is 0 Å². The van der Waals surface area contributed by atoms with Crippen LogP contribution in [0, 0.1) is 0 Å². The van der Waals surface area contributed by atoms with E-state index in [2.05, 4.69) is 10.1 Å². The Hall–Kier alpha value is -2.08. The Morgan fingerprint density at radius 1 is 1.33 bits per heavy atom. The molecule has 18 heavy (non-hydrogen) atoms. The van der Waals surface area contributed by atoms with E-state index in [0.29, 0.717) is 29.8 Å². The molecular weight excluding hydrogens is 234 g/mol. The summed E-state index contributed by atoms with van der Waals surface area (Å²) in [6.07, 6.45) is 0. The molecular formula is C12H15N3O3. The maximum absolute atomic E-state index is 5.49. The summed E-state index contributed by atoms with van der Waals surface area (Å²) < 4.78 is 15.7. The number of hydrogen-bond acceptors (Lipinski definition) is 6. The van der Waals surface area contributed by atoms with Crippen molar-refractivity contribution in [2.75, 3.05) is 13.7 Å². The lowest BCUT2D eigenvalue weighted by atomic mass is 10.2. The van der Waals surface area contributed by atoms with Crippen LogP contribution < -0.4 is 15.2 Å². The Labute approximate surface area is 105 Å². The first kappa shape index (κ1) is 12.4. The molecule has 0 radical (unpaired) electrons. The van der Waals surface area contributed by atoms with E-state index in [1.54, 1.807) is 13.2 Å².